The predicted octanol–water partition coefficient (Wildman–Crippen LogP) is 6.27. The number of hydrazone groups is 1. The van der Waals surface area contributed by atoms with Crippen molar-refractivity contribution in [1.29, 1.82) is 0 Å². The summed E-state index contributed by atoms with van der Waals surface area (Å²) in [5.41, 5.74) is 9.48. The van der Waals surface area contributed by atoms with E-state index in [2.05, 4.69) is 39.9 Å². The molecule has 5 aromatic rings. The Kier molecular flexibility index (Phi) is 7.50. The molecule has 0 aliphatic carbocycles. The van der Waals surface area contributed by atoms with Gasteiger partial charge in [-0.15, -0.1) is 0 Å². The molecule has 2 aromatic heterocycles. The number of pyridine rings is 2. The molecule has 39 heavy (non-hydrogen) atoms. The summed E-state index contributed by atoms with van der Waals surface area (Å²) in [7, 11) is 0. The van der Waals surface area contributed by atoms with E-state index in [9.17, 15) is 9.59 Å². The second-order valence-electron chi connectivity index (χ2n) is 9.03. The first-order valence-electron chi connectivity index (χ1n) is 12.7. The molecule has 7 nitrogen and oxygen atoms in total. The van der Waals surface area contributed by atoms with Crippen LogP contribution in [0.1, 0.15) is 45.7 Å². The third-order valence-corrected chi connectivity index (χ3v) is 6.45. The van der Waals surface area contributed by atoms with E-state index in [1.807, 2.05) is 61.5 Å². The molecule has 0 aliphatic heterocycles. The molecule has 0 saturated carbocycles. The summed E-state index contributed by atoms with van der Waals surface area (Å²) in [6, 6.07) is 28.2. The van der Waals surface area contributed by atoms with Gasteiger partial charge in [0.2, 0.25) is 0 Å². The normalized spacial score (nSPS) is 11.3. The van der Waals surface area contributed by atoms with Gasteiger partial charge in [0, 0.05) is 34.6 Å². The van der Waals surface area contributed by atoms with Crippen molar-refractivity contribution < 1.29 is 9.59 Å². The molecule has 2 amide bonds. The lowest BCUT2D eigenvalue weighted by Gasteiger charge is -2.10. The first-order valence-corrected chi connectivity index (χ1v) is 12.7. The number of rotatable bonds is 7. The average Bonchev–Trinajstić information content (AvgIpc) is 3.00. The highest BCUT2D eigenvalue weighted by Crippen LogP contribution is 2.25. The SMILES string of the molecule is CCc1ccc(-c2cc(C(=O)N/N=C(\C)c3ccc(NC(=O)c4ccncc4)cc3)c3ccccc3n2)cc1. The van der Waals surface area contributed by atoms with Crippen molar-refractivity contribution in [2.24, 2.45) is 5.10 Å². The highest BCUT2D eigenvalue weighted by Gasteiger charge is 2.14. The Morgan fingerprint density at radius 2 is 1.54 bits per heavy atom. The second-order valence-corrected chi connectivity index (χ2v) is 9.03. The van der Waals surface area contributed by atoms with Crippen LogP contribution in [0.15, 0.2) is 108 Å². The van der Waals surface area contributed by atoms with Crippen molar-refractivity contribution in [3.8, 4) is 11.3 Å². The highest BCUT2D eigenvalue weighted by atomic mass is 16.2. The minimum Gasteiger partial charge on any atom is -0.322 e. The third kappa shape index (κ3) is 5.88. The van der Waals surface area contributed by atoms with E-state index in [0.717, 1.165) is 34.1 Å². The zero-order valence-corrected chi connectivity index (χ0v) is 21.7. The van der Waals surface area contributed by atoms with Gasteiger partial charge < -0.3 is 5.32 Å². The second kappa shape index (κ2) is 11.5. The number of anilines is 1. The standard InChI is InChI=1S/C32H27N5O2/c1-3-22-8-10-24(11-9-22)30-20-28(27-6-4-5-7-29(27)35-30)32(39)37-36-21(2)23-12-14-26(15-13-23)34-31(38)25-16-18-33-19-17-25/h4-20H,3H2,1-2H3,(H,34,38)(H,37,39)/b36-21+. The molecule has 0 aliphatic rings. The number of amides is 2. The summed E-state index contributed by atoms with van der Waals surface area (Å²) in [6.07, 6.45) is 4.11. The van der Waals surface area contributed by atoms with Gasteiger partial charge in [0.15, 0.2) is 0 Å². The van der Waals surface area contributed by atoms with Crippen LogP contribution in [0, 0.1) is 0 Å². The Morgan fingerprint density at radius 3 is 2.26 bits per heavy atom. The molecule has 3 aromatic carbocycles. The zero-order chi connectivity index (χ0) is 27.2. The van der Waals surface area contributed by atoms with Gasteiger partial charge >= 0.3 is 0 Å². The fraction of sp³-hybridized carbons (Fsp3) is 0.0938. The molecule has 2 heterocycles. The van der Waals surface area contributed by atoms with Crippen LogP contribution in [-0.4, -0.2) is 27.5 Å². The number of para-hydroxylation sites is 1. The number of hydrogen-bond acceptors (Lipinski definition) is 5. The van der Waals surface area contributed by atoms with E-state index in [1.54, 1.807) is 36.7 Å². The van der Waals surface area contributed by atoms with Crippen LogP contribution in [-0.2, 0) is 6.42 Å². The van der Waals surface area contributed by atoms with E-state index in [-0.39, 0.29) is 11.8 Å². The molecule has 192 valence electrons. The lowest BCUT2D eigenvalue weighted by Crippen LogP contribution is -2.20. The maximum absolute atomic E-state index is 13.3. The molecule has 0 fully saturated rings. The largest absolute Gasteiger partial charge is 0.322 e. The number of benzene rings is 3. The van der Waals surface area contributed by atoms with Crippen LogP contribution in [0.2, 0.25) is 0 Å². The maximum Gasteiger partial charge on any atom is 0.272 e. The van der Waals surface area contributed by atoms with Gasteiger partial charge in [0.25, 0.3) is 11.8 Å². The molecule has 0 radical (unpaired) electrons. The summed E-state index contributed by atoms with van der Waals surface area (Å²) >= 11 is 0. The molecule has 0 saturated heterocycles. The van der Waals surface area contributed by atoms with Crippen molar-refractivity contribution in [2.45, 2.75) is 20.3 Å². The Labute approximate surface area is 226 Å². The summed E-state index contributed by atoms with van der Waals surface area (Å²) in [5.74, 6) is -0.534. The number of carbonyl (C=O) groups is 2. The number of fused-ring (bicyclic) bond motifs is 1. The van der Waals surface area contributed by atoms with Crippen LogP contribution in [0.4, 0.5) is 5.69 Å². The molecular weight excluding hydrogens is 486 g/mol. The van der Waals surface area contributed by atoms with Gasteiger partial charge in [-0.3, -0.25) is 14.6 Å². The van der Waals surface area contributed by atoms with Crippen molar-refractivity contribution in [3.05, 3.63) is 126 Å². The van der Waals surface area contributed by atoms with Gasteiger partial charge in [-0.2, -0.15) is 5.10 Å². The van der Waals surface area contributed by atoms with Gasteiger partial charge in [-0.1, -0.05) is 61.5 Å². The molecular formula is C32H27N5O2. The van der Waals surface area contributed by atoms with E-state index in [0.29, 0.717) is 22.5 Å². The number of aryl methyl sites for hydroxylation is 1. The summed E-state index contributed by atoms with van der Waals surface area (Å²) < 4.78 is 0. The minimum atomic E-state index is -0.319. The van der Waals surface area contributed by atoms with Crippen molar-refractivity contribution in [2.75, 3.05) is 5.32 Å². The van der Waals surface area contributed by atoms with Crippen LogP contribution < -0.4 is 10.7 Å². The van der Waals surface area contributed by atoms with Gasteiger partial charge in [0.05, 0.1) is 22.5 Å². The van der Waals surface area contributed by atoms with E-state index >= 15 is 0 Å². The average molecular weight is 514 g/mol. The number of aromatic nitrogens is 2. The van der Waals surface area contributed by atoms with Crippen LogP contribution in [0.25, 0.3) is 22.2 Å². The zero-order valence-electron chi connectivity index (χ0n) is 21.7. The Bertz CT molecular complexity index is 1660. The molecule has 0 atom stereocenters. The fourth-order valence-corrected chi connectivity index (χ4v) is 4.18. The maximum atomic E-state index is 13.3. The number of nitrogens with one attached hydrogen (secondary N) is 2. The van der Waals surface area contributed by atoms with Crippen molar-refractivity contribution in [1.82, 2.24) is 15.4 Å². The van der Waals surface area contributed by atoms with E-state index < -0.39 is 0 Å². The monoisotopic (exact) mass is 513 g/mol. The van der Waals surface area contributed by atoms with Gasteiger partial charge in [-0.25, -0.2) is 10.4 Å². The van der Waals surface area contributed by atoms with Gasteiger partial charge in [-0.05, 0) is 60.9 Å². The Hall–Kier alpha value is -5.17. The lowest BCUT2D eigenvalue weighted by molar-refractivity contribution is 0.0955. The first-order chi connectivity index (χ1) is 19.0. The first kappa shape index (κ1) is 25.5. The number of hydrogen-bond donors (Lipinski definition) is 2. The predicted molar refractivity (Wildman–Crippen MR) is 155 cm³/mol. The molecule has 0 bridgehead atoms. The van der Waals surface area contributed by atoms with Gasteiger partial charge in [0.1, 0.15) is 0 Å². The smallest absolute Gasteiger partial charge is 0.272 e. The molecule has 0 spiro atoms. The summed E-state index contributed by atoms with van der Waals surface area (Å²) in [5, 5.41) is 7.95. The Balaban J connectivity index is 1.34. The summed E-state index contributed by atoms with van der Waals surface area (Å²) in [4.78, 5) is 34.4. The quantitative estimate of drug-likeness (QED) is 0.198. The summed E-state index contributed by atoms with van der Waals surface area (Å²) in [6.45, 7) is 3.93. The van der Waals surface area contributed by atoms with Crippen molar-refractivity contribution in [3.63, 3.8) is 0 Å². The van der Waals surface area contributed by atoms with Crippen LogP contribution in [0.5, 0.6) is 0 Å². The van der Waals surface area contributed by atoms with E-state index in [1.165, 1.54) is 5.56 Å². The third-order valence-electron chi connectivity index (χ3n) is 6.45. The molecule has 2 N–H and O–H groups in total. The molecule has 0 unspecified atom stereocenters. The molecule has 5 rings (SSSR count). The van der Waals surface area contributed by atoms with E-state index in [4.69, 9.17) is 4.98 Å². The van der Waals surface area contributed by atoms with Crippen LogP contribution >= 0.6 is 0 Å². The molecule has 7 heteroatoms. The fourth-order valence-electron chi connectivity index (χ4n) is 4.18. The number of nitrogens with zero attached hydrogens (tertiary/aromatic N) is 3. The topological polar surface area (TPSA) is 96.3 Å². The lowest BCUT2D eigenvalue weighted by atomic mass is 10.0. The number of carbonyl (C=O) groups excluding carboxylic acids is 2. The van der Waals surface area contributed by atoms with Crippen molar-refractivity contribution >= 4 is 34.1 Å². The Morgan fingerprint density at radius 1 is 0.821 bits per heavy atom. The highest BCUT2D eigenvalue weighted by molar-refractivity contribution is 6.08. The minimum absolute atomic E-state index is 0.215. The van der Waals surface area contributed by atoms with Crippen LogP contribution in [0.3, 0.4) is 0 Å².